The zero-order valence-electron chi connectivity index (χ0n) is 14.6. The van der Waals surface area contributed by atoms with E-state index in [4.69, 9.17) is 0 Å². The Morgan fingerprint density at radius 1 is 1.12 bits per heavy atom. The van der Waals surface area contributed by atoms with Crippen molar-refractivity contribution in [1.82, 2.24) is 9.62 Å². The molecule has 2 aliphatic heterocycles. The van der Waals surface area contributed by atoms with E-state index in [0.717, 1.165) is 36.7 Å². The lowest BCUT2D eigenvalue weighted by atomic mass is 10.0. The molecule has 1 aromatic rings. The van der Waals surface area contributed by atoms with Gasteiger partial charge in [-0.05, 0) is 74.8 Å². The van der Waals surface area contributed by atoms with Crippen molar-refractivity contribution >= 4 is 11.9 Å². The van der Waals surface area contributed by atoms with Crippen LogP contribution in [-0.2, 0) is 0 Å². The minimum absolute atomic E-state index is 0.162. The molecule has 142 valence electrons. The van der Waals surface area contributed by atoms with E-state index in [2.05, 4.69) is 21.3 Å². The smallest absolute Gasteiger partial charge is 0.406 e. The first-order chi connectivity index (χ1) is 11.9. The fourth-order valence-electron chi connectivity index (χ4n) is 2.80. The van der Waals surface area contributed by atoms with Gasteiger partial charge in [0.25, 0.3) is 0 Å². The highest BCUT2D eigenvalue weighted by atomic mass is 32.2. The van der Waals surface area contributed by atoms with Crippen LogP contribution in [0.3, 0.4) is 0 Å². The Bertz CT molecular complexity index is 501. The van der Waals surface area contributed by atoms with E-state index in [1.54, 1.807) is 12.1 Å². The second-order valence-electron chi connectivity index (χ2n) is 6.54. The van der Waals surface area contributed by atoms with Crippen molar-refractivity contribution in [2.45, 2.75) is 50.3 Å². The summed E-state index contributed by atoms with van der Waals surface area (Å²) in [7, 11) is 0. The Hall–Kier alpha value is -0.920. The van der Waals surface area contributed by atoms with Gasteiger partial charge < -0.3 is 10.1 Å². The minimum Gasteiger partial charge on any atom is -0.406 e. The molecule has 0 aliphatic carbocycles. The SMILES string of the molecule is CC1CCNCC1.FC(F)(F)Oc1cccc(SN2CCCCC2)c1. The number of nitrogens with one attached hydrogen (secondary N) is 1. The summed E-state index contributed by atoms with van der Waals surface area (Å²) in [6.07, 6.45) is 1.64. The predicted octanol–water partition coefficient (Wildman–Crippen LogP) is 5.08. The summed E-state index contributed by atoms with van der Waals surface area (Å²) in [4.78, 5) is 0.777. The predicted molar refractivity (Wildman–Crippen MR) is 95.7 cm³/mol. The average molecular weight is 376 g/mol. The van der Waals surface area contributed by atoms with Crippen molar-refractivity contribution in [2.75, 3.05) is 26.2 Å². The van der Waals surface area contributed by atoms with Gasteiger partial charge >= 0.3 is 6.36 Å². The van der Waals surface area contributed by atoms with Crippen molar-refractivity contribution < 1.29 is 17.9 Å². The number of alkyl halides is 3. The molecular formula is C18H27F3N2OS. The van der Waals surface area contributed by atoms with Crippen LogP contribution in [0.4, 0.5) is 13.2 Å². The van der Waals surface area contributed by atoms with Gasteiger partial charge in [-0.2, -0.15) is 0 Å². The van der Waals surface area contributed by atoms with Crippen LogP contribution >= 0.6 is 11.9 Å². The van der Waals surface area contributed by atoms with Crippen LogP contribution in [0.5, 0.6) is 5.75 Å². The Labute approximate surface area is 152 Å². The summed E-state index contributed by atoms with van der Waals surface area (Å²) >= 11 is 1.49. The number of piperidine rings is 2. The second kappa shape index (κ2) is 10.3. The van der Waals surface area contributed by atoms with E-state index in [9.17, 15) is 13.2 Å². The van der Waals surface area contributed by atoms with Gasteiger partial charge in [0.05, 0.1) is 0 Å². The highest BCUT2D eigenvalue weighted by Crippen LogP contribution is 2.30. The van der Waals surface area contributed by atoms with E-state index >= 15 is 0 Å². The van der Waals surface area contributed by atoms with Crippen molar-refractivity contribution in [3.63, 3.8) is 0 Å². The molecule has 0 bridgehead atoms. The summed E-state index contributed by atoms with van der Waals surface area (Å²) in [5.41, 5.74) is 0. The van der Waals surface area contributed by atoms with Crippen LogP contribution < -0.4 is 10.1 Å². The van der Waals surface area contributed by atoms with Crippen molar-refractivity contribution in [2.24, 2.45) is 5.92 Å². The molecule has 2 saturated heterocycles. The number of rotatable bonds is 3. The molecule has 0 unspecified atom stereocenters. The van der Waals surface area contributed by atoms with E-state index in [0.29, 0.717) is 0 Å². The fraction of sp³-hybridized carbons (Fsp3) is 0.667. The molecule has 25 heavy (non-hydrogen) atoms. The summed E-state index contributed by atoms with van der Waals surface area (Å²) in [6, 6.07) is 6.11. The van der Waals surface area contributed by atoms with Gasteiger partial charge in [0.1, 0.15) is 5.75 Å². The molecule has 0 saturated carbocycles. The summed E-state index contributed by atoms with van der Waals surface area (Å²) in [5.74, 6) is 0.811. The number of hydrogen-bond donors (Lipinski definition) is 1. The van der Waals surface area contributed by atoms with Gasteiger partial charge in [-0.15, -0.1) is 13.2 Å². The first-order valence-electron chi connectivity index (χ1n) is 8.92. The molecule has 2 fully saturated rings. The third-order valence-electron chi connectivity index (χ3n) is 4.22. The summed E-state index contributed by atoms with van der Waals surface area (Å²) in [5, 5.41) is 3.32. The van der Waals surface area contributed by atoms with Crippen LogP contribution in [0, 0.1) is 5.92 Å². The average Bonchev–Trinajstić information content (AvgIpc) is 2.56. The Morgan fingerprint density at radius 3 is 2.36 bits per heavy atom. The number of hydrogen-bond acceptors (Lipinski definition) is 4. The van der Waals surface area contributed by atoms with Crippen molar-refractivity contribution in [3.05, 3.63) is 24.3 Å². The van der Waals surface area contributed by atoms with Gasteiger partial charge in [-0.3, -0.25) is 0 Å². The normalized spacial score (nSPS) is 19.8. The number of benzene rings is 1. The maximum absolute atomic E-state index is 12.1. The van der Waals surface area contributed by atoms with Crippen molar-refractivity contribution in [1.29, 1.82) is 0 Å². The third kappa shape index (κ3) is 8.83. The van der Waals surface area contributed by atoms with E-state index < -0.39 is 6.36 Å². The molecular weight excluding hydrogens is 349 g/mol. The maximum atomic E-state index is 12.1. The molecule has 3 nitrogen and oxygen atoms in total. The molecule has 2 aliphatic rings. The van der Waals surface area contributed by atoms with E-state index in [1.165, 1.54) is 56.4 Å². The Morgan fingerprint density at radius 2 is 1.80 bits per heavy atom. The fourth-order valence-corrected chi connectivity index (χ4v) is 3.85. The summed E-state index contributed by atoms with van der Waals surface area (Å²) in [6.45, 7) is 6.76. The summed E-state index contributed by atoms with van der Waals surface area (Å²) < 4.78 is 42.4. The molecule has 3 rings (SSSR count). The van der Waals surface area contributed by atoms with Gasteiger partial charge in [-0.1, -0.05) is 19.4 Å². The monoisotopic (exact) mass is 376 g/mol. The quantitative estimate of drug-likeness (QED) is 0.743. The number of ether oxygens (including phenoxy) is 1. The highest BCUT2D eigenvalue weighted by molar-refractivity contribution is 7.97. The Balaban J connectivity index is 0.000000269. The third-order valence-corrected chi connectivity index (χ3v) is 5.30. The second-order valence-corrected chi connectivity index (χ2v) is 7.71. The molecule has 7 heteroatoms. The lowest BCUT2D eigenvalue weighted by Gasteiger charge is -2.25. The van der Waals surface area contributed by atoms with Crippen LogP contribution in [0.1, 0.15) is 39.0 Å². The van der Waals surface area contributed by atoms with Crippen LogP contribution in [0.25, 0.3) is 0 Å². The Kier molecular flexibility index (Phi) is 8.39. The largest absolute Gasteiger partial charge is 0.573 e. The number of nitrogens with zero attached hydrogens (tertiary/aromatic N) is 1. The topological polar surface area (TPSA) is 24.5 Å². The zero-order chi connectivity index (χ0) is 18.1. The lowest BCUT2D eigenvalue weighted by molar-refractivity contribution is -0.274. The van der Waals surface area contributed by atoms with E-state index in [-0.39, 0.29) is 5.75 Å². The molecule has 0 amide bonds. The molecule has 0 aromatic heterocycles. The molecule has 2 heterocycles. The maximum Gasteiger partial charge on any atom is 0.573 e. The number of halogens is 3. The molecule has 0 radical (unpaired) electrons. The van der Waals surface area contributed by atoms with Crippen LogP contribution in [0.2, 0.25) is 0 Å². The van der Waals surface area contributed by atoms with E-state index in [1.807, 2.05) is 0 Å². The minimum atomic E-state index is -4.63. The van der Waals surface area contributed by atoms with Crippen LogP contribution in [0.15, 0.2) is 29.2 Å². The molecule has 1 aromatic carbocycles. The first kappa shape index (κ1) is 20.4. The molecule has 0 spiro atoms. The van der Waals surface area contributed by atoms with Gasteiger partial charge in [0.15, 0.2) is 0 Å². The first-order valence-corrected chi connectivity index (χ1v) is 9.69. The molecule has 1 N–H and O–H groups in total. The van der Waals surface area contributed by atoms with Gasteiger partial charge in [0, 0.05) is 18.0 Å². The van der Waals surface area contributed by atoms with Gasteiger partial charge in [0.2, 0.25) is 0 Å². The zero-order valence-corrected chi connectivity index (χ0v) is 15.5. The standard InChI is InChI=1S/C12H14F3NOS.C6H13N/c13-12(14,15)17-10-5-4-6-11(9-10)18-16-7-2-1-3-8-16;1-6-2-4-7-5-3-6/h4-6,9H,1-3,7-8H2;6-7H,2-5H2,1H3. The van der Waals surface area contributed by atoms with Crippen molar-refractivity contribution in [3.8, 4) is 5.75 Å². The lowest BCUT2D eigenvalue weighted by Crippen LogP contribution is -2.26. The van der Waals surface area contributed by atoms with Crippen LogP contribution in [-0.4, -0.2) is 36.8 Å². The highest BCUT2D eigenvalue weighted by Gasteiger charge is 2.31. The van der Waals surface area contributed by atoms with Gasteiger partial charge in [-0.25, -0.2) is 4.31 Å². The molecule has 0 atom stereocenters.